The lowest BCUT2D eigenvalue weighted by Crippen LogP contribution is -2.09. The Hall–Kier alpha value is -1.92. The summed E-state index contributed by atoms with van der Waals surface area (Å²) < 4.78 is 17.4. The van der Waals surface area contributed by atoms with E-state index in [0.29, 0.717) is 33.5 Å². The van der Waals surface area contributed by atoms with Gasteiger partial charge < -0.3 is 19.3 Å². The van der Waals surface area contributed by atoms with Crippen LogP contribution in [0, 0.1) is 0 Å². The summed E-state index contributed by atoms with van der Waals surface area (Å²) in [4.78, 5) is 0. The number of rotatable bonds is 5. The molecular weight excluding hydrogens is 296 g/mol. The van der Waals surface area contributed by atoms with Gasteiger partial charge in [0.2, 0.25) is 5.75 Å². The Labute approximate surface area is 127 Å². The van der Waals surface area contributed by atoms with Gasteiger partial charge in [0.15, 0.2) is 11.5 Å². The number of hydrogen-bond acceptors (Lipinski definition) is 5. The van der Waals surface area contributed by atoms with Gasteiger partial charge in [-0.2, -0.15) is 5.10 Å². The van der Waals surface area contributed by atoms with Crippen molar-refractivity contribution >= 4 is 11.6 Å². The lowest BCUT2D eigenvalue weighted by Gasteiger charge is -2.19. The summed E-state index contributed by atoms with van der Waals surface area (Å²) in [6.45, 7) is 0. The highest BCUT2D eigenvalue weighted by molar-refractivity contribution is 6.31. The Kier molecular flexibility index (Phi) is 4.59. The number of nitrogens with zero attached hydrogens (tertiary/aromatic N) is 2. The van der Waals surface area contributed by atoms with Crippen LogP contribution in [0.15, 0.2) is 18.3 Å². The molecule has 1 atom stereocenters. The maximum absolute atomic E-state index is 10.6. The molecule has 0 fully saturated rings. The van der Waals surface area contributed by atoms with Crippen LogP contribution in [-0.2, 0) is 7.05 Å². The fraction of sp³-hybridized carbons (Fsp3) is 0.357. The molecule has 1 heterocycles. The fourth-order valence-electron chi connectivity index (χ4n) is 2.21. The topological polar surface area (TPSA) is 65.7 Å². The third kappa shape index (κ3) is 2.64. The zero-order valence-corrected chi connectivity index (χ0v) is 13.0. The van der Waals surface area contributed by atoms with E-state index in [1.54, 1.807) is 19.2 Å². The Morgan fingerprint density at radius 1 is 1.14 bits per heavy atom. The van der Waals surface area contributed by atoms with E-state index in [2.05, 4.69) is 5.10 Å². The molecule has 7 heteroatoms. The number of halogens is 1. The van der Waals surface area contributed by atoms with Crippen LogP contribution in [-0.4, -0.2) is 36.2 Å². The quantitative estimate of drug-likeness (QED) is 0.916. The lowest BCUT2D eigenvalue weighted by molar-refractivity contribution is 0.202. The molecule has 0 saturated heterocycles. The smallest absolute Gasteiger partial charge is 0.203 e. The van der Waals surface area contributed by atoms with Crippen molar-refractivity contribution in [1.29, 1.82) is 0 Å². The first kappa shape index (κ1) is 15.5. The number of aliphatic hydroxyl groups excluding tert-OH is 1. The van der Waals surface area contributed by atoms with E-state index in [9.17, 15) is 5.11 Å². The van der Waals surface area contributed by atoms with Crippen molar-refractivity contribution < 1.29 is 19.3 Å². The number of aliphatic hydroxyl groups is 1. The molecule has 0 spiro atoms. The van der Waals surface area contributed by atoms with Gasteiger partial charge in [-0.05, 0) is 12.1 Å². The normalized spacial score (nSPS) is 12.1. The van der Waals surface area contributed by atoms with Crippen LogP contribution < -0.4 is 14.2 Å². The summed E-state index contributed by atoms with van der Waals surface area (Å²) in [6.07, 6.45) is 0.479. The third-order valence-electron chi connectivity index (χ3n) is 3.23. The molecule has 1 unspecified atom stereocenters. The van der Waals surface area contributed by atoms with E-state index < -0.39 is 6.10 Å². The zero-order valence-electron chi connectivity index (χ0n) is 12.3. The van der Waals surface area contributed by atoms with Crippen LogP contribution in [0.25, 0.3) is 0 Å². The molecule has 114 valence electrons. The second kappa shape index (κ2) is 6.24. The van der Waals surface area contributed by atoms with Gasteiger partial charge in [0.05, 0.1) is 38.2 Å². The van der Waals surface area contributed by atoms with Crippen molar-refractivity contribution in [3.63, 3.8) is 0 Å². The van der Waals surface area contributed by atoms with Crippen molar-refractivity contribution in [2.24, 2.45) is 7.05 Å². The van der Waals surface area contributed by atoms with Gasteiger partial charge in [-0.1, -0.05) is 11.6 Å². The van der Waals surface area contributed by atoms with Crippen LogP contribution >= 0.6 is 11.6 Å². The maximum atomic E-state index is 10.6. The van der Waals surface area contributed by atoms with Crippen molar-refractivity contribution in [1.82, 2.24) is 9.78 Å². The van der Waals surface area contributed by atoms with Crippen LogP contribution in [0.3, 0.4) is 0 Å². The first-order valence-corrected chi connectivity index (χ1v) is 6.57. The summed E-state index contributed by atoms with van der Waals surface area (Å²) in [7, 11) is 6.25. The van der Waals surface area contributed by atoms with E-state index in [1.807, 2.05) is 0 Å². The highest BCUT2D eigenvalue weighted by atomic mass is 35.5. The van der Waals surface area contributed by atoms with E-state index in [1.165, 1.54) is 32.2 Å². The first-order chi connectivity index (χ1) is 10.0. The Morgan fingerprint density at radius 2 is 1.81 bits per heavy atom. The molecular formula is C14H17ClN2O4. The minimum Gasteiger partial charge on any atom is -0.493 e. The van der Waals surface area contributed by atoms with Gasteiger partial charge in [0, 0.05) is 12.6 Å². The molecule has 0 aliphatic carbocycles. The standard InChI is InChI=1S/C14H17ClN2O4/c1-17-11(9(15)7-16-17)12(18)8-5-6-10(19-2)14(21-4)13(8)20-3/h5-7,12,18H,1-4H3. The number of ether oxygens (including phenoxy) is 3. The monoisotopic (exact) mass is 312 g/mol. The molecule has 1 aromatic carbocycles. The average molecular weight is 313 g/mol. The fourth-order valence-corrected chi connectivity index (χ4v) is 2.48. The second-order valence-corrected chi connectivity index (χ2v) is 4.73. The molecule has 0 amide bonds. The van der Waals surface area contributed by atoms with Gasteiger partial charge >= 0.3 is 0 Å². The summed E-state index contributed by atoms with van der Waals surface area (Å²) in [5.41, 5.74) is 0.989. The molecule has 0 bridgehead atoms. The summed E-state index contributed by atoms with van der Waals surface area (Å²) in [6, 6.07) is 3.40. The average Bonchev–Trinajstić information content (AvgIpc) is 2.83. The molecule has 0 radical (unpaired) electrons. The molecule has 21 heavy (non-hydrogen) atoms. The molecule has 2 rings (SSSR count). The Balaban J connectivity index is 2.58. The van der Waals surface area contributed by atoms with E-state index >= 15 is 0 Å². The van der Waals surface area contributed by atoms with Gasteiger partial charge in [0.1, 0.15) is 6.10 Å². The van der Waals surface area contributed by atoms with Crippen molar-refractivity contribution in [2.45, 2.75) is 6.10 Å². The Morgan fingerprint density at radius 3 is 2.29 bits per heavy atom. The van der Waals surface area contributed by atoms with E-state index in [4.69, 9.17) is 25.8 Å². The first-order valence-electron chi connectivity index (χ1n) is 6.19. The summed E-state index contributed by atoms with van der Waals surface area (Å²) >= 11 is 6.08. The van der Waals surface area contributed by atoms with Crippen LogP contribution in [0.4, 0.5) is 0 Å². The number of hydrogen-bond donors (Lipinski definition) is 1. The SMILES string of the molecule is COc1ccc(C(O)c2c(Cl)cnn2C)c(OC)c1OC. The number of aromatic nitrogens is 2. The zero-order chi connectivity index (χ0) is 15.6. The second-order valence-electron chi connectivity index (χ2n) is 4.33. The number of methoxy groups -OCH3 is 3. The van der Waals surface area contributed by atoms with Gasteiger partial charge in [-0.25, -0.2) is 0 Å². The van der Waals surface area contributed by atoms with Gasteiger partial charge in [0.25, 0.3) is 0 Å². The highest BCUT2D eigenvalue weighted by Crippen LogP contribution is 2.44. The molecule has 6 nitrogen and oxygen atoms in total. The summed E-state index contributed by atoms with van der Waals surface area (Å²) in [5.74, 6) is 1.32. The lowest BCUT2D eigenvalue weighted by atomic mass is 10.0. The van der Waals surface area contributed by atoms with E-state index in [0.717, 1.165) is 0 Å². The minimum absolute atomic E-state index is 0.377. The highest BCUT2D eigenvalue weighted by Gasteiger charge is 2.25. The predicted molar refractivity (Wildman–Crippen MR) is 78.4 cm³/mol. The molecule has 1 aromatic heterocycles. The largest absolute Gasteiger partial charge is 0.493 e. The molecule has 2 aromatic rings. The maximum Gasteiger partial charge on any atom is 0.203 e. The van der Waals surface area contributed by atoms with Gasteiger partial charge in [-0.15, -0.1) is 0 Å². The molecule has 1 N–H and O–H groups in total. The van der Waals surface area contributed by atoms with Crippen LogP contribution in [0.5, 0.6) is 17.2 Å². The van der Waals surface area contributed by atoms with Gasteiger partial charge in [-0.3, -0.25) is 4.68 Å². The van der Waals surface area contributed by atoms with E-state index in [-0.39, 0.29) is 0 Å². The third-order valence-corrected chi connectivity index (χ3v) is 3.52. The van der Waals surface area contributed by atoms with Crippen molar-refractivity contribution in [3.8, 4) is 17.2 Å². The molecule has 0 saturated carbocycles. The Bertz CT molecular complexity index is 623. The summed E-state index contributed by atoms with van der Waals surface area (Å²) in [5, 5.41) is 15.0. The minimum atomic E-state index is -1.00. The van der Waals surface area contributed by atoms with Crippen molar-refractivity contribution in [3.05, 3.63) is 34.6 Å². The predicted octanol–water partition coefficient (Wildman–Crippen LogP) is 2.18. The van der Waals surface area contributed by atoms with Crippen LogP contribution in [0.2, 0.25) is 5.02 Å². The van der Waals surface area contributed by atoms with Crippen LogP contribution in [0.1, 0.15) is 17.4 Å². The molecule has 0 aliphatic heterocycles. The molecule has 0 aliphatic rings. The number of benzene rings is 1. The number of aryl methyl sites for hydroxylation is 1. The van der Waals surface area contributed by atoms with Crippen molar-refractivity contribution in [2.75, 3.05) is 21.3 Å².